The third-order valence-corrected chi connectivity index (χ3v) is 5.78. The summed E-state index contributed by atoms with van der Waals surface area (Å²) in [5.74, 6) is 1.91. The van der Waals surface area contributed by atoms with Crippen LogP contribution in [-0.2, 0) is 4.79 Å². The Hall–Kier alpha value is -1.58. The predicted octanol–water partition coefficient (Wildman–Crippen LogP) is 3.56. The molecule has 21 heavy (non-hydrogen) atoms. The number of halogens is 1. The van der Waals surface area contributed by atoms with Gasteiger partial charge in [-0.25, -0.2) is 4.39 Å². The van der Waals surface area contributed by atoms with E-state index >= 15 is 0 Å². The van der Waals surface area contributed by atoms with Crippen molar-refractivity contribution in [2.75, 3.05) is 11.1 Å². The highest BCUT2D eigenvalue weighted by molar-refractivity contribution is 5.98. The van der Waals surface area contributed by atoms with Crippen LogP contribution in [0, 0.1) is 29.0 Å². The molecule has 4 fully saturated rings. The highest BCUT2D eigenvalue weighted by Gasteiger charge is 2.54. The smallest absolute Gasteiger partial charge is 0.230 e. The Morgan fingerprint density at radius 1 is 1.14 bits per heavy atom. The van der Waals surface area contributed by atoms with Crippen LogP contribution in [0.5, 0.6) is 0 Å². The van der Waals surface area contributed by atoms with Crippen LogP contribution in [0.2, 0.25) is 0 Å². The summed E-state index contributed by atoms with van der Waals surface area (Å²) in [6, 6.07) is 4.16. The first-order valence-electron chi connectivity index (χ1n) is 7.90. The quantitative estimate of drug-likeness (QED) is 0.817. The molecule has 4 saturated carbocycles. The molecule has 4 heteroatoms. The van der Waals surface area contributed by atoms with Gasteiger partial charge in [0.05, 0.1) is 16.8 Å². The third kappa shape index (κ3) is 2.12. The highest BCUT2D eigenvalue weighted by atomic mass is 19.1. The van der Waals surface area contributed by atoms with Crippen molar-refractivity contribution in [2.45, 2.75) is 38.5 Å². The molecule has 3 nitrogen and oxygen atoms in total. The summed E-state index contributed by atoms with van der Waals surface area (Å²) in [7, 11) is 0. The average molecular weight is 288 g/mol. The van der Waals surface area contributed by atoms with Crippen molar-refractivity contribution >= 4 is 17.3 Å². The summed E-state index contributed by atoms with van der Waals surface area (Å²) in [5.41, 5.74) is 6.45. The molecule has 0 unspecified atom stereocenters. The van der Waals surface area contributed by atoms with Crippen molar-refractivity contribution in [2.24, 2.45) is 23.2 Å². The summed E-state index contributed by atoms with van der Waals surface area (Å²) >= 11 is 0. The molecule has 3 N–H and O–H groups in total. The Morgan fingerprint density at radius 2 is 1.71 bits per heavy atom. The molecule has 0 spiro atoms. The maximum Gasteiger partial charge on any atom is 0.230 e. The summed E-state index contributed by atoms with van der Waals surface area (Å²) in [6.45, 7) is 0. The van der Waals surface area contributed by atoms with Gasteiger partial charge in [0.15, 0.2) is 0 Å². The largest absolute Gasteiger partial charge is 0.397 e. The van der Waals surface area contributed by atoms with Crippen molar-refractivity contribution < 1.29 is 9.18 Å². The van der Waals surface area contributed by atoms with Gasteiger partial charge in [-0.1, -0.05) is 0 Å². The second-order valence-corrected chi connectivity index (χ2v) is 7.38. The number of hydrogen-bond acceptors (Lipinski definition) is 2. The minimum Gasteiger partial charge on any atom is -0.397 e. The average Bonchev–Trinajstić information content (AvgIpc) is 2.40. The number of carbonyl (C=O) groups excluding carboxylic acids is 1. The highest BCUT2D eigenvalue weighted by Crippen LogP contribution is 2.60. The van der Waals surface area contributed by atoms with E-state index in [1.54, 1.807) is 6.07 Å². The molecular formula is C17H21FN2O. The van der Waals surface area contributed by atoms with Crippen LogP contribution < -0.4 is 11.1 Å². The molecule has 0 aromatic heterocycles. The molecule has 0 saturated heterocycles. The zero-order chi connectivity index (χ0) is 14.6. The zero-order valence-corrected chi connectivity index (χ0v) is 12.1. The molecule has 1 aromatic carbocycles. The van der Waals surface area contributed by atoms with Gasteiger partial charge in [0, 0.05) is 0 Å². The number of carbonyl (C=O) groups is 1. The normalized spacial score (nSPS) is 36.7. The van der Waals surface area contributed by atoms with E-state index < -0.39 is 0 Å². The topological polar surface area (TPSA) is 55.1 Å². The fraction of sp³-hybridized carbons (Fsp3) is 0.588. The van der Waals surface area contributed by atoms with Gasteiger partial charge in [0.1, 0.15) is 5.82 Å². The van der Waals surface area contributed by atoms with Crippen LogP contribution in [0.15, 0.2) is 18.2 Å². The molecular weight excluding hydrogens is 267 g/mol. The van der Waals surface area contributed by atoms with E-state index in [-0.39, 0.29) is 17.1 Å². The third-order valence-electron chi connectivity index (χ3n) is 5.78. The van der Waals surface area contributed by atoms with Crippen molar-refractivity contribution in [1.29, 1.82) is 0 Å². The first kappa shape index (κ1) is 13.1. The number of nitrogens with two attached hydrogens (primary N) is 1. The Morgan fingerprint density at radius 3 is 2.24 bits per heavy atom. The van der Waals surface area contributed by atoms with Gasteiger partial charge in [-0.3, -0.25) is 4.79 Å². The summed E-state index contributed by atoms with van der Waals surface area (Å²) in [5, 5.41) is 2.96. The number of amides is 1. The standard InChI is InChI=1S/C17H21FN2O/c18-13-1-2-15(14(19)6-13)20-16(21)17-7-10-3-11(8-17)5-12(4-10)9-17/h1-2,6,10-12H,3-5,7-9,19H2,(H,20,21). The molecule has 4 bridgehead atoms. The molecule has 0 atom stereocenters. The fourth-order valence-electron chi connectivity index (χ4n) is 5.29. The fourth-order valence-corrected chi connectivity index (χ4v) is 5.29. The number of nitrogens with one attached hydrogen (secondary N) is 1. The van der Waals surface area contributed by atoms with Crippen LogP contribution in [0.3, 0.4) is 0 Å². The second kappa shape index (κ2) is 4.46. The van der Waals surface area contributed by atoms with E-state index in [2.05, 4.69) is 5.32 Å². The molecule has 112 valence electrons. The number of anilines is 2. The van der Waals surface area contributed by atoms with Gasteiger partial charge in [0.2, 0.25) is 5.91 Å². The molecule has 1 aromatic rings. The van der Waals surface area contributed by atoms with Gasteiger partial charge in [-0.15, -0.1) is 0 Å². The van der Waals surface area contributed by atoms with Gasteiger partial charge in [0.25, 0.3) is 0 Å². The zero-order valence-electron chi connectivity index (χ0n) is 12.1. The Balaban J connectivity index is 1.57. The number of nitrogen functional groups attached to an aromatic ring is 1. The number of hydrogen-bond donors (Lipinski definition) is 2. The van der Waals surface area contributed by atoms with Crippen molar-refractivity contribution in [3.8, 4) is 0 Å². The van der Waals surface area contributed by atoms with Crippen LogP contribution in [0.25, 0.3) is 0 Å². The van der Waals surface area contributed by atoms with E-state index in [1.165, 1.54) is 31.4 Å². The number of rotatable bonds is 2. The van der Waals surface area contributed by atoms with Crippen LogP contribution in [-0.4, -0.2) is 5.91 Å². The molecule has 4 aliphatic carbocycles. The Labute approximate surface area is 124 Å². The lowest BCUT2D eigenvalue weighted by Gasteiger charge is -2.55. The minimum atomic E-state index is -0.375. The van der Waals surface area contributed by atoms with Crippen molar-refractivity contribution in [1.82, 2.24) is 0 Å². The first-order chi connectivity index (χ1) is 10.0. The lowest BCUT2D eigenvalue weighted by Crippen LogP contribution is -2.51. The summed E-state index contributed by atoms with van der Waals surface area (Å²) in [6.07, 6.45) is 6.99. The van der Waals surface area contributed by atoms with Crippen LogP contribution in [0.4, 0.5) is 15.8 Å². The van der Waals surface area contributed by atoms with E-state index in [4.69, 9.17) is 5.73 Å². The molecule has 0 aliphatic heterocycles. The molecule has 0 radical (unpaired) electrons. The van der Waals surface area contributed by atoms with Crippen LogP contribution in [0.1, 0.15) is 38.5 Å². The summed E-state index contributed by atoms with van der Waals surface area (Å²) < 4.78 is 13.1. The van der Waals surface area contributed by atoms with Crippen molar-refractivity contribution in [3.63, 3.8) is 0 Å². The lowest BCUT2D eigenvalue weighted by molar-refractivity contribution is -0.140. The molecule has 1 amide bonds. The Bertz CT molecular complexity index is 563. The summed E-state index contributed by atoms with van der Waals surface area (Å²) in [4.78, 5) is 12.8. The predicted molar refractivity (Wildman–Crippen MR) is 80.0 cm³/mol. The maximum absolute atomic E-state index is 13.1. The van der Waals surface area contributed by atoms with E-state index in [0.717, 1.165) is 37.0 Å². The van der Waals surface area contributed by atoms with Gasteiger partial charge in [-0.05, 0) is 74.5 Å². The maximum atomic E-state index is 13.1. The molecule has 0 heterocycles. The van der Waals surface area contributed by atoms with Crippen molar-refractivity contribution in [3.05, 3.63) is 24.0 Å². The second-order valence-electron chi connectivity index (χ2n) is 7.38. The minimum absolute atomic E-state index is 0.0971. The van der Waals surface area contributed by atoms with Gasteiger partial charge >= 0.3 is 0 Å². The number of benzene rings is 1. The SMILES string of the molecule is Nc1cc(F)ccc1NC(=O)C12CC3CC(CC(C3)C1)C2. The van der Waals surface area contributed by atoms with E-state index in [9.17, 15) is 9.18 Å². The first-order valence-corrected chi connectivity index (χ1v) is 7.90. The van der Waals surface area contributed by atoms with E-state index in [1.807, 2.05) is 0 Å². The molecule has 5 rings (SSSR count). The molecule has 4 aliphatic rings. The lowest BCUT2D eigenvalue weighted by atomic mass is 9.49. The van der Waals surface area contributed by atoms with Crippen LogP contribution >= 0.6 is 0 Å². The van der Waals surface area contributed by atoms with E-state index in [0.29, 0.717) is 11.4 Å². The van der Waals surface area contributed by atoms with Gasteiger partial charge in [-0.2, -0.15) is 0 Å². The Kier molecular flexibility index (Phi) is 2.78. The van der Waals surface area contributed by atoms with Gasteiger partial charge < -0.3 is 11.1 Å². The monoisotopic (exact) mass is 288 g/mol.